The second-order valence-electron chi connectivity index (χ2n) is 9.10. The molecule has 0 spiro atoms. The maximum Gasteiger partial charge on any atom is 0.278 e. The number of carbonyl (C=O) groups is 1. The third-order valence-corrected chi connectivity index (χ3v) is 5.84. The third-order valence-electron chi connectivity index (χ3n) is 5.84. The van der Waals surface area contributed by atoms with Crippen LogP contribution in [0.15, 0.2) is 41.2 Å². The molecule has 6 heteroatoms. The number of rotatable bonds is 4. The molecule has 1 atom stereocenters. The van der Waals surface area contributed by atoms with Crippen LogP contribution in [0.3, 0.4) is 0 Å². The molecule has 0 saturated carbocycles. The van der Waals surface area contributed by atoms with Gasteiger partial charge in [-0.25, -0.2) is 0 Å². The molecular weight excluding hydrogens is 364 g/mol. The highest BCUT2D eigenvalue weighted by Crippen LogP contribution is 2.38. The number of nitrogens with one attached hydrogen (secondary N) is 1. The van der Waals surface area contributed by atoms with E-state index >= 15 is 0 Å². The highest BCUT2D eigenvalue weighted by molar-refractivity contribution is 6.03. The van der Waals surface area contributed by atoms with Crippen molar-refractivity contribution in [3.63, 3.8) is 0 Å². The van der Waals surface area contributed by atoms with Crippen molar-refractivity contribution < 1.29 is 9.32 Å². The number of anilines is 1. The number of hydrogen-bond acceptors (Lipinski definition) is 4. The van der Waals surface area contributed by atoms with Gasteiger partial charge in [-0.3, -0.25) is 9.48 Å². The van der Waals surface area contributed by atoms with Gasteiger partial charge in [0.1, 0.15) is 5.76 Å². The molecule has 4 rings (SSSR count). The monoisotopic (exact) mass is 392 g/mol. The second-order valence-corrected chi connectivity index (χ2v) is 9.10. The van der Waals surface area contributed by atoms with Crippen molar-refractivity contribution in [3.05, 3.63) is 64.8 Å². The van der Waals surface area contributed by atoms with Gasteiger partial charge >= 0.3 is 0 Å². The fraction of sp³-hybridized carbons (Fsp3) is 0.435. The summed E-state index contributed by atoms with van der Waals surface area (Å²) in [5.41, 5.74) is 4.60. The van der Waals surface area contributed by atoms with Gasteiger partial charge in [0.25, 0.3) is 5.91 Å². The van der Waals surface area contributed by atoms with Crippen molar-refractivity contribution >= 4 is 11.6 Å². The molecule has 1 N–H and O–H groups in total. The first-order valence-electron chi connectivity index (χ1n) is 10.2. The quantitative estimate of drug-likeness (QED) is 0.702. The van der Waals surface area contributed by atoms with E-state index in [1.54, 1.807) is 6.20 Å². The minimum absolute atomic E-state index is 0.194. The van der Waals surface area contributed by atoms with E-state index in [2.05, 4.69) is 67.5 Å². The molecule has 152 valence electrons. The molecule has 2 heterocycles. The second kappa shape index (κ2) is 7.50. The van der Waals surface area contributed by atoms with E-state index in [9.17, 15) is 4.79 Å². The zero-order valence-electron chi connectivity index (χ0n) is 17.5. The molecular formula is C23H28N4O2. The third kappa shape index (κ3) is 4.26. The zero-order chi connectivity index (χ0) is 20.6. The fourth-order valence-corrected chi connectivity index (χ4v) is 3.91. The molecule has 0 radical (unpaired) electrons. The van der Waals surface area contributed by atoms with Gasteiger partial charge in [-0.15, -0.1) is 0 Å². The minimum Gasteiger partial charge on any atom is -0.360 e. The minimum atomic E-state index is -0.237. The lowest BCUT2D eigenvalue weighted by molar-refractivity contribution is 0.101. The molecule has 1 aliphatic rings. The summed E-state index contributed by atoms with van der Waals surface area (Å²) < 4.78 is 7.28. The molecule has 29 heavy (non-hydrogen) atoms. The van der Waals surface area contributed by atoms with Crippen LogP contribution in [-0.4, -0.2) is 20.8 Å². The van der Waals surface area contributed by atoms with Crippen LogP contribution in [0.1, 0.15) is 60.1 Å². The lowest BCUT2D eigenvalue weighted by atomic mass is 9.71. The van der Waals surface area contributed by atoms with Crippen molar-refractivity contribution in [2.24, 2.45) is 11.3 Å². The Balaban J connectivity index is 1.45. The average molecular weight is 393 g/mol. The standard InChI is InChI=1S/C23H28N4O2/c1-15-5-7-16(8-6-15)13-27-14-18(12-24-27)25-22(28)21-19-11-17(23(2,3)4)9-10-20(19)29-26-21/h5-8,12,14,17H,9-11,13H2,1-4H3,(H,25,28). The number of hydrogen-bond donors (Lipinski definition) is 1. The lowest BCUT2D eigenvalue weighted by Gasteiger charge is -2.33. The van der Waals surface area contributed by atoms with Crippen LogP contribution in [0, 0.1) is 18.3 Å². The first kappa shape index (κ1) is 19.4. The van der Waals surface area contributed by atoms with Crippen LogP contribution in [0.25, 0.3) is 0 Å². The van der Waals surface area contributed by atoms with E-state index in [1.165, 1.54) is 5.56 Å². The van der Waals surface area contributed by atoms with Crippen molar-refractivity contribution in [3.8, 4) is 0 Å². The highest BCUT2D eigenvalue weighted by Gasteiger charge is 2.34. The Bertz CT molecular complexity index is 1010. The van der Waals surface area contributed by atoms with E-state index < -0.39 is 0 Å². The van der Waals surface area contributed by atoms with E-state index in [-0.39, 0.29) is 11.3 Å². The van der Waals surface area contributed by atoms with Crippen LogP contribution in [0.5, 0.6) is 0 Å². The van der Waals surface area contributed by atoms with Gasteiger partial charge in [-0.2, -0.15) is 5.10 Å². The van der Waals surface area contributed by atoms with Gasteiger partial charge in [0.05, 0.1) is 18.4 Å². The number of benzene rings is 1. The number of carbonyl (C=O) groups excluding carboxylic acids is 1. The SMILES string of the molecule is Cc1ccc(Cn2cc(NC(=O)c3noc4c3CC(C(C)(C)C)CC4)cn2)cc1. The van der Waals surface area contributed by atoms with E-state index in [4.69, 9.17) is 4.52 Å². The van der Waals surface area contributed by atoms with E-state index in [0.717, 1.165) is 36.1 Å². The van der Waals surface area contributed by atoms with E-state index in [1.807, 2.05) is 10.9 Å². The largest absolute Gasteiger partial charge is 0.360 e. The smallest absolute Gasteiger partial charge is 0.278 e. The van der Waals surface area contributed by atoms with Gasteiger partial charge in [0, 0.05) is 18.2 Å². The molecule has 6 nitrogen and oxygen atoms in total. The molecule has 0 aliphatic heterocycles. The fourth-order valence-electron chi connectivity index (χ4n) is 3.91. The number of aryl methyl sites for hydroxylation is 2. The van der Waals surface area contributed by atoms with Crippen molar-refractivity contribution in [1.29, 1.82) is 0 Å². The Morgan fingerprint density at radius 2 is 2.03 bits per heavy atom. The van der Waals surface area contributed by atoms with Crippen LogP contribution >= 0.6 is 0 Å². The first-order valence-corrected chi connectivity index (χ1v) is 10.2. The van der Waals surface area contributed by atoms with Gasteiger partial charge in [0.2, 0.25) is 0 Å². The summed E-state index contributed by atoms with van der Waals surface area (Å²) in [6.45, 7) is 9.47. The molecule has 1 unspecified atom stereocenters. The molecule has 0 bridgehead atoms. The molecule has 0 fully saturated rings. The topological polar surface area (TPSA) is 73.0 Å². The summed E-state index contributed by atoms with van der Waals surface area (Å²) >= 11 is 0. The lowest BCUT2D eigenvalue weighted by Crippen LogP contribution is -2.27. The summed E-state index contributed by atoms with van der Waals surface area (Å²) in [6, 6.07) is 8.34. The Morgan fingerprint density at radius 1 is 1.28 bits per heavy atom. The zero-order valence-corrected chi connectivity index (χ0v) is 17.5. The van der Waals surface area contributed by atoms with Crippen LogP contribution in [0.4, 0.5) is 5.69 Å². The van der Waals surface area contributed by atoms with Crippen LogP contribution in [0.2, 0.25) is 0 Å². The predicted octanol–water partition coefficient (Wildman–Crippen LogP) is 4.63. The molecule has 2 aromatic heterocycles. The van der Waals surface area contributed by atoms with Gasteiger partial charge in [-0.05, 0) is 36.7 Å². The number of amides is 1. The van der Waals surface area contributed by atoms with Crippen molar-refractivity contribution in [2.45, 2.75) is 53.5 Å². The van der Waals surface area contributed by atoms with E-state index in [0.29, 0.717) is 23.8 Å². The Hall–Kier alpha value is -2.89. The van der Waals surface area contributed by atoms with Gasteiger partial charge in [-0.1, -0.05) is 55.8 Å². The molecule has 1 aliphatic carbocycles. The Kier molecular flexibility index (Phi) is 5.03. The first-order chi connectivity index (χ1) is 13.8. The van der Waals surface area contributed by atoms with Gasteiger partial charge < -0.3 is 9.84 Å². The van der Waals surface area contributed by atoms with Crippen LogP contribution < -0.4 is 5.32 Å². The molecule has 3 aromatic rings. The molecule has 1 aromatic carbocycles. The van der Waals surface area contributed by atoms with Gasteiger partial charge in [0.15, 0.2) is 5.69 Å². The normalized spacial score (nSPS) is 16.5. The molecule has 0 saturated heterocycles. The maximum absolute atomic E-state index is 12.8. The van der Waals surface area contributed by atoms with Crippen LogP contribution in [-0.2, 0) is 19.4 Å². The number of aromatic nitrogens is 3. The Labute approximate surface area is 171 Å². The summed E-state index contributed by atoms with van der Waals surface area (Å²) in [7, 11) is 0. The van der Waals surface area contributed by atoms with Crippen molar-refractivity contribution in [2.75, 3.05) is 5.32 Å². The molecule has 1 amide bonds. The average Bonchev–Trinajstić information content (AvgIpc) is 3.29. The number of fused-ring (bicyclic) bond motifs is 1. The summed E-state index contributed by atoms with van der Waals surface area (Å²) in [4.78, 5) is 12.8. The van der Waals surface area contributed by atoms with Crippen molar-refractivity contribution in [1.82, 2.24) is 14.9 Å². The Morgan fingerprint density at radius 3 is 2.76 bits per heavy atom. The summed E-state index contributed by atoms with van der Waals surface area (Å²) in [6.07, 6.45) is 6.24. The number of nitrogens with zero attached hydrogens (tertiary/aromatic N) is 3. The maximum atomic E-state index is 12.8. The highest BCUT2D eigenvalue weighted by atomic mass is 16.5. The summed E-state index contributed by atoms with van der Waals surface area (Å²) in [5.74, 6) is 1.13. The summed E-state index contributed by atoms with van der Waals surface area (Å²) in [5, 5.41) is 11.4. The predicted molar refractivity (Wildman–Crippen MR) is 112 cm³/mol.